The van der Waals surface area contributed by atoms with E-state index in [-0.39, 0.29) is 5.75 Å². The second-order valence-corrected chi connectivity index (χ2v) is 4.59. The lowest BCUT2D eigenvalue weighted by Crippen LogP contribution is -2.33. The molecule has 4 nitrogen and oxygen atoms in total. The largest absolute Gasteiger partial charge is 0.459 e. The predicted octanol–water partition coefficient (Wildman–Crippen LogP) is 3.47. The number of ether oxygens (including phenoxy) is 2. The average Bonchev–Trinajstić information content (AvgIpc) is 2.43. The number of carbonyl (C=O) groups excluding carboxylic acids is 2. The van der Waals surface area contributed by atoms with E-state index in [1.54, 1.807) is 6.07 Å². The molecule has 0 aliphatic heterocycles. The Bertz CT molecular complexity index is 537. The van der Waals surface area contributed by atoms with Crippen LogP contribution in [0.4, 0.5) is 17.6 Å². The summed E-state index contributed by atoms with van der Waals surface area (Å²) in [4.78, 5) is 22.5. The Morgan fingerprint density at radius 1 is 1.18 bits per heavy atom. The van der Waals surface area contributed by atoms with Gasteiger partial charge < -0.3 is 9.47 Å². The third kappa shape index (κ3) is 6.30. The minimum atomic E-state index is -4.42. The third-order valence-electron chi connectivity index (χ3n) is 2.31. The molecule has 0 aliphatic rings. The van der Waals surface area contributed by atoms with Crippen LogP contribution < -0.4 is 4.74 Å². The van der Waals surface area contributed by atoms with E-state index in [9.17, 15) is 27.2 Å². The summed E-state index contributed by atoms with van der Waals surface area (Å²) in [7, 11) is 0. The van der Waals surface area contributed by atoms with E-state index in [1.807, 2.05) is 0 Å². The molecule has 0 saturated carbocycles. The normalized spacial score (nSPS) is 11.4. The predicted molar refractivity (Wildman–Crippen MR) is 68.2 cm³/mol. The van der Waals surface area contributed by atoms with E-state index < -0.39 is 43.7 Å². The fourth-order valence-corrected chi connectivity index (χ4v) is 1.41. The zero-order valence-electron chi connectivity index (χ0n) is 11.0. The topological polar surface area (TPSA) is 52.6 Å². The van der Waals surface area contributed by atoms with Crippen LogP contribution in [0.25, 0.3) is 0 Å². The summed E-state index contributed by atoms with van der Waals surface area (Å²) < 4.78 is 57.5. The quantitative estimate of drug-likeness (QED) is 0.432. The van der Waals surface area contributed by atoms with Crippen molar-refractivity contribution in [2.75, 3.05) is 6.61 Å². The van der Waals surface area contributed by atoms with Crippen molar-refractivity contribution < 1.29 is 36.6 Å². The Morgan fingerprint density at radius 3 is 2.41 bits per heavy atom. The summed E-state index contributed by atoms with van der Waals surface area (Å²) >= 11 is 5.67. The van der Waals surface area contributed by atoms with Crippen LogP contribution in [-0.4, -0.2) is 30.9 Å². The van der Waals surface area contributed by atoms with Crippen LogP contribution in [0.15, 0.2) is 24.3 Å². The first kappa shape index (κ1) is 18.2. The first-order valence-electron chi connectivity index (χ1n) is 5.98. The molecular formula is C13H11ClF4O4. The number of esters is 2. The van der Waals surface area contributed by atoms with Crippen molar-refractivity contribution in [3.05, 3.63) is 29.3 Å². The Hall–Kier alpha value is -1.83. The van der Waals surface area contributed by atoms with Crippen molar-refractivity contribution in [3.63, 3.8) is 0 Å². The summed E-state index contributed by atoms with van der Waals surface area (Å²) in [6.07, 6.45) is -4.96. The molecule has 0 radical (unpaired) electrons. The second-order valence-electron chi connectivity index (χ2n) is 4.15. The Morgan fingerprint density at radius 2 is 1.82 bits per heavy atom. The number of hydrogen-bond acceptors (Lipinski definition) is 4. The highest BCUT2D eigenvalue weighted by molar-refractivity contribution is 6.30. The van der Waals surface area contributed by atoms with Gasteiger partial charge in [0.2, 0.25) is 0 Å². The molecule has 1 rings (SSSR count). The standard InChI is InChI=1S/C13H11ClF4O4/c14-8-2-1-3-9(6-8)22-11(20)5-4-10(19)21-7-13(17,18)12(15)16/h1-3,6,12H,4-5,7H2. The van der Waals surface area contributed by atoms with Gasteiger partial charge in [-0.25, -0.2) is 8.78 Å². The maximum Gasteiger partial charge on any atom is 0.340 e. The Balaban J connectivity index is 2.33. The maximum absolute atomic E-state index is 12.5. The highest BCUT2D eigenvalue weighted by Gasteiger charge is 2.42. The van der Waals surface area contributed by atoms with Crippen molar-refractivity contribution >= 4 is 23.5 Å². The van der Waals surface area contributed by atoms with E-state index >= 15 is 0 Å². The summed E-state index contributed by atoms with van der Waals surface area (Å²) in [5.74, 6) is -6.30. The number of benzene rings is 1. The van der Waals surface area contributed by atoms with Gasteiger partial charge in [0.15, 0.2) is 6.61 Å². The lowest BCUT2D eigenvalue weighted by atomic mass is 10.3. The molecule has 22 heavy (non-hydrogen) atoms. The van der Waals surface area contributed by atoms with Gasteiger partial charge >= 0.3 is 24.3 Å². The first-order chi connectivity index (χ1) is 10.2. The van der Waals surface area contributed by atoms with Gasteiger partial charge in [-0.05, 0) is 18.2 Å². The van der Waals surface area contributed by atoms with Crippen LogP contribution in [0.2, 0.25) is 5.02 Å². The van der Waals surface area contributed by atoms with Crippen LogP contribution >= 0.6 is 11.6 Å². The lowest BCUT2D eigenvalue weighted by molar-refractivity contribution is -0.180. The molecule has 0 amide bonds. The molecule has 0 heterocycles. The first-order valence-corrected chi connectivity index (χ1v) is 6.36. The van der Waals surface area contributed by atoms with Crippen LogP contribution in [0.1, 0.15) is 12.8 Å². The third-order valence-corrected chi connectivity index (χ3v) is 2.54. The minimum Gasteiger partial charge on any atom is -0.459 e. The molecule has 0 bridgehead atoms. The molecule has 9 heteroatoms. The smallest absolute Gasteiger partial charge is 0.340 e. The van der Waals surface area contributed by atoms with E-state index in [1.165, 1.54) is 18.2 Å². The van der Waals surface area contributed by atoms with E-state index in [2.05, 4.69) is 4.74 Å². The lowest BCUT2D eigenvalue weighted by Gasteiger charge is -2.14. The summed E-state index contributed by atoms with van der Waals surface area (Å²) in [6.45, 7) is -1.74. The highest BCUT2D eigenvalue weighted by Crippen LogP contribution is 2.23. The van der Waals surface area contributed by atoms with Crippen molar-refractivity contribution in [1.82, 2.24) is 0 Å². The van der Waals surface area contributed by atoms with Gasteiger partial charge in [0, 0.05) is 5.02 Å². The molecule has 0 saturated heterocycles. The van der Waals surface area contributed by atoms with Crippen LogP contribution in [-0.2, 0) is 14.3 Å². The number of carbonyl (C=O) groups is 2. The Kier molecular flexibility index (Phi) is 6.61. The number of halogens is 5. The van der Waals surface area contributed by atoms with Crippen LogP contribution in [0.5, 0.6) is 5.75 Å². The van der Waals surface area contributed by atoms with Gasteiger partial charge in [0.1, 0.15) is 5.75 Å². The molecule has 0 fully saturated rings. The fourth-order valence-electron chi connectivity index (χ4n) is 1.23. The zero-order valence-corrected chi connectivity index (χ0v) is 11.8. The molecule has 0 aromatic heterocycles. The van der Waals surface area contributed by atoms with Crippen molar-refractivity contribution in [1.29, 1.82) is 0 Å². The van der Waals surface area contributed by atoms with Gasteiger partial charge in [0.25, 0.3) is 0 Å². The van der Waals surface area contributed by atoms with Gasteiger partial charge in [-0.3, -0.25) is 9.59 Å². The number of alkyl halides is 4. The summed E-state index contributed by atoms with van der Waals surface area (Å²) in [6, 6.07) is 5.90. The number of hydrogen-bond donors (Lipinski definition) is 0. The van der Waals surface area contributed by atoms with E-state index in [0.29, 0.717) is 5.02 Å². The second kappa shape index (κ2) is 7.98. The van der Waals surface area contributed by atoms with Crippen LogP contribution in [0, 0.1) is 0 Å². The van der Waals surface area contributed by atoms with Gasteiger partial charge in [-0.2, -0.15) is 8.78 Å². The van der Waals surface area contributed by atoms with Gasteiger partial charge in [-0.15, -0.1) is 0 Å². The SMILES string of the molecule is O=C(CCC(=O)Oc1cccc(Cl)c1)OCC(F)(F)C(F)F. The molecule has 0 aliphatic carbocycles. The highest BCUT2D eigenvalue weighted by atomic mass is 35.5. The molecule has 0 spiro atoms. The maximum atomic E-state index is 12.5. The molecule has 1 aromatic carbocycles. The van der Waals surface area contributed by atoms with Crippen molar-refractivity contribution in [2.24, 2.45) is 0 Å². The molecule has 1 aromatic rings. The summed E-state index contributed by atoms with van der Waals surface area (Å²) in [5.41, 5.74) is 0. The van der Waals surface area contributed by atoms with E-state index in [0.717, 1.165) is 0 Å². The van der Waals surface area contributed by atoms with Gasteiger partial charge in [0.05, 0.1) is 12.8 Å². The van der Waals surface area contributed by atoms with Crippen molar-refractivity contribution in [2.45, 2.75) is 25.2 Å². The van der Waals surface area contributed by atoms with Gasteiger partial charge in [-0.1, -0.05) is 17.7 Å². The van der Waals surface area contributed by atoms with E-state index in [4.69, 9.17) is 16.3 Å². The van der Waals surface area contributed by atoms with Crippen molar-refractivity contribution in [3.8, 4) is 5.75 Å². The molecular weight excluding hydrogens is 332 g/mol. The van der Waals surface area contributed by atoms with Crippen LogP contribution in [0.3, 0.4) is 0 Å². The molecule has 0 atom stereocenters. The average molecular weight is 343 g/mol. The number of rotatable bonds is 7. The zero-order chi connectivity index (χ0) is 16.8. The Labute approximate surface area is 128 Å². The minimum absolute atomic E-state index is 0.148. The summed E-state index contributed by atoms with van der Waals surface area (Å²) in [5, 5.41) is 0.332. The molecule has 0 unspecified atom stereocenters. The fraction of sp³-hybridized carbons (Fsp3) is 0.385. The monoisotopic (exact) mass is 342 g/mol. The molecule has 122 valence electrons. The molecule has 0 N–H and O–H groups in total.